The van der Waals surface area contributed by atoms with E-state index in [0.717, 1.165) is 24.4 Å². The number of carbonyl (C=O) groups excluding carboxylic acids is 1. The first-order valence-corrected chi connectivity index (χ1v) is 8.64. The molecule has 0 radical (unpaired) electrons. The number of hydrogen-bond donors (Lipinski definition) is 1. The zero-order valence-corrected chi connectivity index (χ0v) is 14.5. The highest BCUT2D eigenvalue weighted by Gasteiger charge is 2.25. The van der Waals surface area contributed by atoms with Crippen molar-refractivity contribution in [3.63, 3.8) is 0 Å². The van der Waals surface area contributed by atoms with Gasteiger partial charge in [0.1, 0.15) is 11.5 Å². The molecule has 1 aromatic carbocycles. The third-order valence-electron chi connectivity index (χ3n) is 4.49. The number of rotatable bonds is 7. The van der Waals surface area contributed by atoms with Gasteiger partial charge in [-0.05, 0) is 50.2 Å². The van der Waals surface area contributed by atoms with Gasteiger partial charge in [-0.3, -0.25) is 9.69 Å². The van der Waals surface area contributed by atoms with Gasteiger partial charge in [0.15, 0.2) is 0 Å². The van der Waals surface area contributed by atoms with Crippen LogP contribution in [0.4, 0.5) is 0 Å². The van der Waals surface area contributed by atoms with Crippen molar-refractivity contribution in [1.29, 1.82) is 0 Å². The number of nitrogens with zero attached hydrogens (tertiary/aromatic N) is 1. The molecule has 2 heterocycles. The maximum Gasteiger partial charge on any atom is 0.244 e. The van der Waals surface area contributed by atoms with E-state index in [9.17, 15) is 4.79 Å². The molecule has 1 amide bonds. The Hall–Kier alpha value is -2.53. The Morgan fingerprint density at radius 3 is 2.80 bits per heavy atom. The average Bonchev–Trinajstić information content (AvgIpc) is 3.34. The summed E-state index contributed by atoms with van der Waals surface area (Å²) in [5.74, 6) is 1.39. The van der Waals surface area contributed by atoms with Gasteiger partial charge in [0.25, 0.3) is 0 Å². The van der Waals surface area contributed by atoms with E-state index in [1.165, 1.54) is 18.9 Å². The van der Waals surface area contributed by atoms with Crippen LogP contribution in [-0.4, -0.2) is 37.6 Å². The van der Waals surface area contributed by atoms with Gasteiger partial charge in [0.2, 0.25) is 5.91 Å². The van der Waals surface area contributed by atoms with E-state index in [-0.39, 0.29) is 11.9 Å². The van der Waals surface area contributed by atoms with E-state index in [4.69, 9.17) is 9.15 Å². The number of nitrogens with one attached hydrogen (secondary N) is 1. The second-order valence-electron chi connectivity index (χ2n) is 6.09. The Labute approximate surface area is 148 Å². The average molecular weight is 340 g/mol. The lowest BCUT2D eigenvalue weighted by atomic mass is 10.0. The van der Waals surface area contributed by atoms with E-state index < -0.39 is 0 Å². The molecule has 0 spiro atoms. The van der Waals surface area contributed by atoms with Crippen LogP contribution in [-0.2, 0) is 4.79 Å². The maximum absolute atomic E-state index is 12.2. The van der Waals surface area contributed by atoms with Crippen LogP contribution in [0.5, 0.6) is 5.75 Å². The van der Waals surface area contributed by atoms with Gasteiger partial charge in [0, 0.05) is 18.2 Å². The molecule has 1 unspecified atom stereocenters. The molecule has 3 rings (SSSR count). The summed E-state index contributed by atoms with van der Waals surface area (Å²) in [5, 5.41) is 3.01. The Morgan fingerprint density at radius 2 is 2.08 bits per heavy atom. The van der Waals surface area contributed by atoms with Gasteiger partial charge in [0.05, 0.1) is 19.4 Å². The lowest BCUT2D eigenvalue weighted by Gasteiger charge is -2.29. The minimum absolute atomic E-state index is 0.111. The van der Waals surface area contributed by atoms with Crippen LogP contribution < -0.4 is 10.1 Å². The number of benzene rings is 1. The van der Waals surface area contributed by atoms with Crippen molar-refractivity contribution in [3.05, 3.63) is 60.1 Å². The van der Waals surface area contributed by atoms with E-state index >= 15 is 0 Å². The summed E-state index contributed by atoms with van der Waals surface area (Å²) in [6.45, 7) is 2.63. The molecule has 1 aliphatic heterocycles. The Kier molecular flexibility index (Phi) is 5.90. The molecule has 1 aliphatic rings. The van der Waals surface area contributed by atoms with Crippen molar-refractivity contribution >= 4 is 12.0 Å². The van der Waals surface area contributed by atoms with Crippen molar-refractivity contribution < 1.29 is 13.9 Å². The monoisotopic (exact) mass is 340 g/mol. The summed E-state index contributed by atoms with van der Waals surface area (Å²) in [7, 11) is 1.69. The Bertz CT molecular complexity index is 703. The second-order valence-corrected chi connectivity index (χ2v) is 6.09. The van der Waals surface area contributed by atoms with Gasteiger partial charge < -0.3 is 14.5 Å². The molecule has 0 aliphatic carbocycles. The molecule has 0 bridgehead atoms. The van der Waals surface area contributed by atoms with Crippen LogP contribution in [0.15, 0.2) is 53.2 Å². The van der Waals surface area contributed by atoms with Crippen molar-refractivity contribution in [2.75, 3.05) is 26.7 Å². The van der Waals surface area contributed by atoms with Crippen LogP contribution in [0.1, 0.15) is 30.2 Å². The Morgan fingerprint density at radius 1 is 1.28 bits per heavy atom. The second kappa shape index (κ2) is 8.53. The highest BCUT2D eigenvalue weighted by Crippen LogP contribution is 2.31. The predicted octanol–water partition coefficient (Wildman–Crippen LogP) is 3.25. The van der Waals surface area contributed by atoms with Crippen LogP contribution >= 0.6 is 0 Å². The quantitative estimate of drug-likeness (QED) is 0.786. The number of ether oxygens (including phenoxy) is 1. The third kappa shape index (κ3) is 4.51. The predicted molar refractivity (Wildman–Crippen MR) is 97.3 cm³/mol. The fraction of sp³-hybridized carbons (Fsp3) is 0.350. The van der Waals surface area contributed by atoms with E-state index in [1.54, 1.807) is 25.5 Å². The van der Waals surface area contributed by atoms with Crippen LogP contribution in [0.3, 0.4) is 0 Å². The molecule has 1 atom stereocenters. The largest absolute Gasteiger partial charge is 0.496 e. The summed E-state index contributed by atoms with van der Waals surface area (Å²) in [5.41, 5.74) is 1.11. The summed E-state index contributed by atoms with van der Waals surface area (Å²) in [6, 6.07) is 11.7. The summed E-state index contributed by atoms with van der Waals surface area (Å²) in [6.07, 6.45) is 7.14. The maximum atomic E-state index is 12.2. The van der Waals surface area contributed by atoms with Crippen LogP contribution in [0.2, 0.25) is 0 Å². The molecular formula is C20H24N2O3. The number of carbonyl (C=O) groups is 1. The number of hydrogen-bond acceptors (Lipinski definition) is 4. The van der Waals surface area contributed by atoms with Gasteiger partial charge in [-0.15, -0.1) is 0 Å². The molecule has 1 saturated heterocycles. The van der Waals surface area contributed by atoms with E-state index in [2.05, 4.69) is 16.3 Å². The molecule has 25 heavy (non-hydrogen) atoms. The highest BCUT2D eigenvalue weighted by atomic mass is 16.5. The minimum atomic E-state index is -0.129. The first-order valence-electron chi connectivity index (χ1n) is 8.64. The van der Waals surface area contributed by atoms with Gasteiger partial charge in [-0.1, -0.05) is 18.2 Å². The summed E-state index contributed by atoms with van der Waals surface area (Å²) < 4.78 is 10.7. The van der Waals surface area contributed by atoms with Crippen molar-refractivity contribution in [1.82, 2.24) is 10.2 Å². The van der Waals surface area contributed by atoms with E-state index in [0.29, 0.717) is 12.3 Å². The van der Waals surface area contributed by atoms with Crippen molar-refractivity contribution in [3.8, 4) is 5.75 Å². The number of para-hydroxylation sites is 1. The lowest BCUT2D eigenvalue weighted by Crippen LogP contribution is -2.36. The SMILES string of the molecule is COc1ccccc1C(CNC(=O)/C=C/c1ccco1)N1CCCC1. The topological polar surface area (TPSA) is 54.7 Å². The molecular weight excluding hydrogens is 316 g/mol. The first kappa shape index (κ1) is 17.3. The third-order valence-corrected chi connectivity index (χ3v) is 4.49. The molecule has 1 aromatic heterocycles. The van der Waals surface area contributed by atoms with Crippen molar-refractivity contribution in [2.45, 2.75) is 18.9 Å². The lowest BCUT2D eigenvalue weighted by molar-refractivity contribution is -0.116. The van der Waals surface area contributed by atoms with Crippen molar-refractivity contribution in [2.24, 2.45) is 0 Å². The fourth-order valence-electron chi connectivity index (χ4n) is 3.23. The molecule has 2 aromatic rings. The minimum Gasteiger partial charge on any atom is -0.496 e. The highest BCUT2D eigenvalue weighted by molar-refractivity contribution is 5.91. The molecule has 5 heteroatoms. The van der Waals surface area contributed by atoms with Gasteiger partial charge in [-0.2, -0.15) is 0 Å². The first-order chi connectivity index (χ1) is 12.3. The standard InChI is InChI=1S/C20H24N2O3/c1-24-19-9-3-2-8-17(19)18(22-12-4-5-13-22)15-21-20(23)11-10-16-7-6-14-25-16/h2-3,6-11,14,18H,4-5,12-13,15H2,1H3,(H,21,23)/b11-10+. The molecule has 132 valence electrons. The van der Waals surface area contributed by atoms with Gasteiger partial charge >= 0.3 is 0 Å². The van der Waals surface area contributed by atoms with Crippen LogP contribution in [0, 0.1) is 0 Å². The number of likely N-dealkylation sites (tertiary alicyclic amines) is 1. The van der Waals surface area contributed by atoms with Gasteiger partial charge in [-0.25, -0.2) is 0 Å². The molecule has 5 nitrogen and oxygen atoms in total. The molecule has 1 fully saturated rings. The van der Waals surface area contributed by atoms with Crippen LogP contribution in [0.25, 0.3) is 6.08 Å². The summed E-state index contributed by atoms with van der Waals surface area (Å²) in [4.78, 5) is 14.6. The van der Waals surface area contributed by atoms with E-state index in [1.807, 2.05) is 24.3 Å². The molecule has 0 saturated carbocycles. The smallest absolute Gasteiger partial charge is 0.244 e. The summed E-state index contributed by atoms with van der Waals surface area (Å²) >= 11 is 0. The normalized spacial score (nSPS) is 16.2. The fourth-order valence-corrected chi connectivity index (χ4v) is 3.23. The number of methoxy groups -OCH3 is 1. The molecule has 1 N–H and O–H groups in total. The Balaban J connectivity index is 1.68. The number of furan rings is 1. The zero-order valence-electron chi connectivity index (χ0n) is 14.5. The number of amides is 1. The zero-order chi connectivity index (χ0) is 17.5.